The summed E-state index contributed by atoms with van der Waals surface area (Å²) in [5.41, 5.74) is 1.62. The third-order valence-electron chi connectivity index (χ3n) is 3.95. The lowest BCUT2D eigenvalue weighted by molar-refractivity contribution is -0.133. The van der Waals surface area contributed by atoms with E-state index in [1.54, 1.807) is 24.3 Å². The number of esters is 2. The first-order chi connectivity index (χ1) is 12.6. The lowest BCUT2D eigenvalue weighted by atomic mass is 9.78. The summed E-state index contributed by atoms with van der Waals surface area (Å²) in [6, 6.07) is 14.1. The van der Waals surface area contributed by atoms with Crippen molar-refractivity contribution in [3.63, 3.8) is 0 Å². The summed E-state index contributed by atoms with van der Waals surface area (Å²) in [7, 11) is 0. The van der Waals surface area contributed by atoms with Gasteiger partial charge in [0.05, 0.1) is 0 Å². The second-order valence-electron chi connectivity index (χ2n) is 6.12. The first-order valence-electron chi connectivity index (χ1n) is 7.82. The fourth-order valence-electron chi connectivity index (χ4n) is 2.37. The summed E-state index contributed by atoms with van der Waals surface area (Å²) in [6.45, 7) is 4.08. The Morgan fingerprint density at radius 3 is 1.26 bits per heavy atom. The molecule has 0 saturated carbocycles. The van der Waals surface area contributed by atoms with Crippen molar-refractivity contribution in [3.05, 3.63) is 59.7 Å². The van der Waals surface area contributed by atoms with E-state index in [9.17, 15) is 9.59 Å². The van der Waals surface area contributed by atoms with Crippen LogP contribution in [0.15, 0.2) is 48.5 Å². The molecule has 0 aliphatic heterocycles. The monoisotopic (exact) mass is 448 g/mol. The maximum absolute atomic E-state index is 11.4. The third kappa shape index (κ3) is 5.76. The quantitative estimate of drug-likeness (QED) is 0.335. The lowest BCUT2D eigenvalue weighted by Crippen LogP contribution is -2.19. The highest BCUT2D eigenvalue weighted by Crippen LogP contribution is 2.33. The zero-order valence-electron chi connectivity index (χ0n) is 14.4. The van der Waals surface area contributed by atoms with Crippen molar-refractivity contribution in [1.29, 1.82) is 0 Å². The van der Waals surface area contributed by atoms with Gasteiger partial charge in [0.2, 0.25) is 9.67 Å². The van der Waals surface area contributed by atoms with Crippen LogP contribution < -0.4 is 9.47 Å². The second kappa shape index (κ2) is 9.16. The zero-order chi connectivity index (χ0) is 20.2. The first kappa shape index (κ1) is 21.8. The van der Waals surface area contributed by atoms with E-state index in [0.717, 1.165) is 11.1 Å². The number of ether oxygens (including phenoxy) is 2. The molecule has 0 aromatic heterocycles. The molecular formula is C19H16Cl4O4. The summed E-state index contributed by atoms with van der Waals surface area (Å²) < 4.78 is 10.1. The molecule has 0 N–H and O–H groups in total. The molecular weight excluding hydrogens is 434 g/mol. The molecule has 2 aromatic carbocycles. The van der Waals surface area contributed by atoms with Gasteiger partial charge in [-0.15, -0.1) is 0 Å². The van der Waals surface area contributed by atoms with Gasteiger partial charge >= 0.3 is 11.9 Å². The molecule has 0 heterocycles. The zero-order valence-corrected chi connectivity index (χ0v) is 17.4. The number of rotatable bonds is 6. The highest BCUT2D eigenvalue weighted by Gasteiger charge is 2.24. The number of alkyl halides is 4. The van der Waals surface area contributed by atoms with Gasteiger partial charge in [0.25, 0.3) is 0 Å². The minimum atomic E-state index is -1.23. The van der Waals surface area contributed by atoms with Crippen LogP contribution in [0, 0.1) is 0 Å². The molecule has 0 aliphatic carbocycles. The predicted molar refractivity (Wildman–Crippen MR) is 107 cm³/mol. The summed E-state index contributed by atoms with van der Waals surface area (Å²) in [6.07, 6.45) is 0. The van der Waals surface area contributed by atoms with Gasteiger partial charge in [0.15, 0.2) is 0 Å². The average Bonchev–Trinajstić information content (AvgIpc) is 2.62. The molecule has 0 unspecified atom stereocenters. The number of carbonyl (C=O) groups excluding carboxylic acids is 2. The fourth-order valence-corrected chi connectivity index (χ4v) is 2.55. The van der Waals surface area contributed by atoms with E-state index in [1.807, 2.05) is 38.1 Å². The highest BCUT2D eigenvalue weighted by atomic mass is 35.5. The van der Waals surface area contributed by atoms with Gasteiger partial charge in [0, 0.05) is 5.41 Å². The van der Waals surface area contributed by atoms with E-state index in [2.05, 4.69) is 0 Å². The number of benzene rings is 2. The van der Waals surface area contributed by atoms with Crippen molar-refractivity contribution in [1.82, 2.24) is 0 Å². The van der Waals surface area contributed by atoms with Crippen LogP contribution in [0.5, 0.6) is 11.5 Å². The van der Waals surface area contributed by atoms with Gasteiger partial charge in [0.1, 0.15) is 11.5 Å². The summed E-state index contributed by atoms with van der Waals surface area (Å²) in [5.74, 6) is -0.757. The Morgan fingerprint density at radius 2 is 1.00 bits per heavy atom. The molecule has 0 bridgehead atoms. The standard InChI is InChI=1S/C19H16Cl4O4/c1-19(2,11-3-7-13(8-4-11)26-17(24)15(20)21)12-5-9-14(10-6-12)27-18(25)16(22)23/h3-10,15-16H,1-2H3. The molecule has 0 amide bonds. The van der Waals surface area contributed by atoms with Crippen molar-refractivity contribution < 1.29 is 19.1 Å². The van der Waals surface area contributed by atoms with Crippen LogP contribution in [0.1, 0.15) is 25.0 Å². The van der Waals surface area contributed by atoms with Crippen molar-refractivity contribution in [2.45, 2.75) is 28.9 Å². The number of carbonyl (C=O) groups is 2. The van der Waals surface area contributed by atoms with Crippen LogP contribution in [-0.4, -0.2) is 21.6 Å². The second-order valence-corrected chi connectivity index (χ2v) is 8.31. The van der Waals surface area contributed by atoms with Crippen LogP contribution in [0.4, 0.5) is 0 Å². The van der Waals surface area contributed by atoms with Gasteiger partial charge < -0.3 is 9.47 Å². The van der Waals surface area contributed by atoms with E-state index < -0.39 is 21.6 Å². The third-order valence-corrected chi connectivity index (χ3v) is 4.66. The van der Waals surface area contributed by atoms with E-state index >= 15 is 0 Å². The van der Waals surface area contributed by atoms with E-state index in [0.29, 0.717) is 11.5 Å². The van der Waals surface area contributed by atoms with Crippen molar-refractivity contribution in [2.75, 3.05) is 0 Å². The van der Waals surface area contributed by atoms with Crippen molar-refractivity contribution in [3.8, 4) is 11.5 Å². The first-order valence-corrected chi connectivity index (χ1v) is 9.56. The molecule has 8 heteroatoms. The summed E-state index contributed by atoms with van der Waals surface area (Å²) in [4.78, 5) is 20.4. The minimum Gasteiger partial charge on any atom is -0.425 e. The lowest BCUT2D eigenvalue weighted by Gasteiger charge is -2.26. The number of hydrogen-bond acceptors (Lipinski definition) is 4. The van der Waals surface area contributed by atoms with Crippen molar-refractivity contribution >= 4 is 58.3 Å². The van der Waals surface area contributed by atoms with Crippen LogP contribution in [0.3, 0.4) is 0 Å². The molecule has 2 aromatic rings. The molecule has 0 spiro atoms. The molecule has 0 fully saturated rings. The average molecular weight is 450 g/mol. The van der Waals surface area contributed by atoms with Gasteiger partial charge in [-0.2, -0.15) is 0 Å². The number of halogens is 4. The summed E-state index contributed by atoms with van der Waals surface area (Å²) >= 11 is 21.9. The molecule has 0 radical (unpaired) electrons. The minimum absolute atomic E-state index is 0.352. The molecule has 27 heavy (non-hydrogen) atoms. The van der Waals surface area contributed by atoms with Gasteiger partial charge in [-0.25, -0.2) is 9.59 Å². The Morgan fingerprint density at radius 1 is 0.704 bits per heavy atom. The predicted octanol–water partition coefficient (Wildman–Crippen LogP) is 5.43. The molecule has 0 aliphatic rings. The Kier molecular flexibility index (Phi) is 7.40. The Hall–Kier alpha value is -1.46. The van der Waals surface area contributed by atoms with E-state index in [-0.39, 0.29) is 5.41 Å². The molecule has 0 saturated heterocycles. The Labute approximate surface area is 177 Å². The Bertz CT molecular complexity index is 732. The summed E-state index contributed by atoms with van der Waals surface area (Å²) in [5, 5.41) is 0. The number of hydrogen-bond donors (Lipinski definition) is 0. The molecule has 2 rings (SSSR count). The van der Waals surface area contributed by atoms with Crippen LogP contribution in [0.25, 0.3) is 0 Å². The van der Waals surface area contributed by atoms with Crippen LogP contribution >= 0.6 is 46.4 Å². The maximum atomic E-state index is 11.4. The van der Waals surface area contributed by atoms with Gasteiger partial charge in [-0.05, 0) is 35.4 Å². The van der Waals surface area contributed by atoms with E-state index in [1.165, 1.54) is 0 Å². The topological polar surface area (TPSA) is 52.6 Å². The van der Waals surface area contributed by atoms with Crippen LogP contribution in [0.2, 0.25) is 0 Å². The molecule has 144 valence electrons. The fraction of sp³-hybridized carbons (Fsp3) is 0.263. The SMILES string of the molecule is CC(C)(c1ccc(OC(=O)C(Cl)Cl)cc1)c1ccc(OC(=O)C(Cl)Cl)cc1. The molecule has 0 atom stereocenters. The van der Waals surface area contributed by atoms with Gasteiger partial charge in [-0.3, -0.25) is 0 Å². The molecule has 4 nitrogen and oxygen atoms in total. The highest BCUT2D eigenvalue weighted by molar-refractivity contribution is 6.53. The Balaban J connectivity index is 2.15. The maximum Gasteiger partial charge on any atom is 0.344 e. The largest absolute Gasteiger partial charge is 0.425 e. The van der Waals surface area contributed by atoms with Gasteiger partial charge in [-0.1, -0.05) is 84.5 Å². The van der Waals surface area contributed by atoms with Crippen LogP contribution in [-0.2, 0) is 15.0 Å². The smallest absolute Gasteiger partial charge is 0.344 e. The normalized spacial score (nSPS) is 11.6. The van der Waals surface area contributed by atoms with E-state index in [4.69, 9.17) is 55.9 Å². The van der Waals surface area contributed by atoms with Crippen molar-refractivity contribution in [2.24, 2.45) is 0 Å².